The van der Waals surface area contributed by atoms with Crippen molar-refractivity contribution in [3.63, 3.8) is 0 Å². The lowest BCUT2D eigenvalue weighted by Crippen LogP contribution is -2.50. The number of carbonyl (C=O) groups is 3. The van der Waals surface area contributed by atoms with Crippen molar-refractivity contribution in [2.45, 2.75) is 0 Å². The molecule has 3 amide bonds. The second-order valence-corrected chi connectivity index (χ2v) is 7.62. The van der Waals surface area contributed by atoms with Crippen LogP contribution in [0.5, 0.6) is 0 Å². The summed E-state index contributed by atoms with van der Waals surface area (Å²) in [5, 5.41) is 2.76. The lowest BCUT2D eigenvalue weighted by molar-refractivity contribution is 0.0535. The molecule has 1 fully saturated rings. The fourth-order valence-corrected chi connectivity index (χ4v) is 3.67. The van der Waals surface area contributed by atoms with Crippen LogP contribution in [0, 0.1) is 5.82 Å². The molecule has 1 saturated heterocycles. The fourth-order valence-electron chi connectivity index (χ4n) is 3.43. The van der Waals surface area contributed by atoms with Gasteiger partial charge in [0.05, 0.1) is 16.8 Å². The Morgan fingerprint density at radius 2 is 1.56 bits per heavy atom. The summed E-state index contributed by atoms with van der Waals surface area (Å²) < 4.78 is 18.3. The lowest BCUT2D eigenvalue weighted by Gasteiger charge is -2.35. The molecule has 2 aromatic carbocycles. The second kappa shape index (κ2) is 9.23. The third-order valence-corrected chi connectivity index (χ3v) is 5.46. The van der Waals surface area contributed by atoms with Crippen molar-refractivity contribution >= 4 is 35.0 Å². The first-order valence-corrected chi connectivity index (χ1v) is 10.3. The Kier molecular flexibility index (Phi) is 6.23. The minimum atomic E-state index is -0.506. The molecule has 0 radical (unpaired) electrons. The van der Waals surface area contributed by atoms with Crippen LogP contribution in [0.25, 0.3) is 0 Å². The minimum absolute atomic E-state index is 0.0627. The Hall–Kier alpha value is -3.65. The summed E-state index contributed by atoms with van der Waals surface area (Å²) in [5.41, 5.74) is 1.25. The zero-order valence-corrected chi connectivity index (χ0v) is 17.6. The van der Waals surface area contributed by atoms with E-state index in [4.69, 9.17) is 16.0 Å². The highest BCUT2D eigenvalue weighted by molar-refractivity contribution is 6.33. The number of nitrogens with one attached hydrogen (secondary N) is 1. The first kappa shape index (κ1) is 21.6. The van der Waals surface area contributed by atoms with Gasteiger partial charge < -0.3 is 19.5 Å². The topological polar surface area (TPSA) is 82.9 Å². The van der Waals surface area contributed by atoms with Gasteiger partial charge in [-0.2, -0.15) is 0 Å². The molecule has 32 heavy (non-hydrogen) atoms. The molecular formula is C23H19ClFN3O4. The molecule has 9 heteroatoms. The highest BCUT2D eigenvalue weighted by Crippen LogP contribution is 2.20. The average Bonchev–Trinajstić information content (AvgIpc) is 3.34. The molecule has 0 atom stereocenters. The largest absolute Gasteiger partial charge is 0.459 e. The first-order valence-electron chi connectivity index (χ1n) is 9.91. The molecule has 164 valence electrons. The lowest BCUT2D eigenvalue weighted by atomic mass is 10.1. The van der Waals surface area contributed by atoms with Gasteiger partial charge in [-0.05, 0) is 54.6 Å². The maximum absolute atomic E-state index is 13.2. The van der Waals surface area contributed by atoms with Gasteiger partial charge in [-0.1, -0.05) is 11.6 Å². The molecule has 0 bridgehead atoms. The number of furan rings is 1. The van der Waals surface area contributed by atoms with Crippen molar-refractivity contribution in [1.29, 1.82) is 0 Å². The van der Waals surface area contributed by atoms with Gasteiger partial charge >= 0.3 is 0 Å². The van der Waals surface area contributed by atoms with Crippen LogP contribution in [-0.2, 0) is 0 Å². The van der Waals surface area contributed by atoms with Crippen LogP contribution in [0.3, 0.4) is 0 Å². The average molecular weight is 456 g/mol. The van der Waals surface area contributed by atoms with E-state index in [0.29, 0.717) is 37.4 Å². The summed E-state index contributed by atoms with van der Waals surface area (Å²) in [6, 6.07) is 13.4. The summed E-state index contributed by atoms with van der Waals surface area (Å²) >= 11 is 5.99. The van der Waals surface area contributed by atoms with Crippen molar-refractivity contribution in [3.05, 3.63) is 88.6 Å². The number of hydrogen-bond donors (Lipinski definition) is 1. The van der Waals surface area contributed by atoms with Crippen molar-refractivity contribution in [2.24, 2.45) is 0 Å². The Balaban J connectivity index is 1.34. The standard InChI is InChI=1S/C23H19ClFN3O4/c24-19-14-16(25)5-8-18(19)23(31)28-11-9-27(10-12-28)22(30)15-3-6-17(7-4-15)26-21(29)20-2-1-13-32-20/h1-8,13-14H,9-12H2,(H,26,29). The summed E-state index contributed by atoms with van der Waals surface area (Å²) in [6.45, 7) is 1.41. The summed E-state index contributed by atoms with van der Waals surface area (Å²) in [5.74, 6) is -1.15. The van der Waals surface area contributed by atoms with Gasteiger partial charge in [0.25, 0.3) is 17.7 Å². The van der Waals surface area contributed by atoms with Gasteiger partial charge in [0.15, 0.2) is 5.76 Å². The number of amides is 3. The van der Waals surface area contributed by atoms with E-state index in [0.717, 1.165) is 6.07 Å². The quantitative estimate of drug-likeness (QED) is 0.646. The third kappa shape index (κ3) is 4.65. The van der Waals surface area contributed by atoms with E-state index in [9.17, 15) is 18.8 Å². The van der Waals surface area contributed by atoms with Crippen molar-refractivity contribution in [1.82, 2.24) is 9.80 Å². The Bertz CT molecular complexity index is 1140. The van der Waals surface area contributed by atoms with Gasteiger partial charge in [-0.15, -0.1) is 0 Å². The number of rotatable bonds is 4. The molecule has 3 aromatic rings. The van der Waals surface area contributed by atoms with Crippen LogP contribution in [-0.4, -0.2) is 53.7 Å². The van der Waals surface area contributed by atoms with E-state index in [1.54, 1.807) is 46.2 Å². The summed E-state index contributed by atoms with van der Waals surface area (Å²) in [6.07, 6.45) is 1.41. The Labute approximate surface area is 188 Å². The smallest absolute Gasteiger partial charge is 0.291 e. The SMILES string of the molecule is O=C(Nc1ccc(C(=O)N2CCN(C(=O)c3ccc(F)cc3Cl)CC2)cc1)c1ccco1. The predicted octanol–water partition coefficient (Wildman–Crippen LogP) is 3.92. The minimum Gasteiger partial charge on any atom is -0.459 e. The van der Waals surface area contributed by atoms with Gasteiger partial charge in [0, 0.05) is 37.4 Å². The summed E-state index contributed by atoms with van der Waals surface area (Å²) in [7, 11) is 0. The molecule has 7 nitrogen and oxygen atoms in total. The van der Waals surface area contributed by atoms with Crippen molar-refractivity contribution in [3.8, 4) is 0 Å². The van der Waals surface area contributed by atoms with Gasteiger partial charge in [0.2, 0.25) is 0 Å². The molecule has 0 aliphatic carbocycles. The number of carbonyl (C=O) groups excluding carboxylic acids is 3. The maximum Gasteiger partial charge on any atom is 0.291 e. The van der Waals surface area contributed by atoms with Crippen LogP contribution in [0.4, 0.5) is 10.1 Å². The molecule has 0 saturated carbocycles. The van der Waals surface area contributed by atoms with Crippen LogP contribution in [0.2, 0.25) is 5.02 Å². The first-order chi connectivity index (χ1) is 15.4. The molecule has 0 unspecified atom stereocenters. The Morgan fingerprint density at radius 1 is 0.906 bits per heavy atom. The van der Waals surface area contributed by atoms with Gasteiger partial charge in [-0.25, -0.2) is 4.39 Å². The van der Waals surface area contributed by atoms with E-state index in [1.807, 2.05) is 0 Å². The van der Waals surface area contributed by atoms with E-state index in [-0.39, 0.29) is 34.1 Å². The number of piperazine rings is 1. The molecule has 1 aromatic heterocycles. The molecule has 2 heterocycles. The molecule has 1 aliphatic heterocycles. The zero-order valence-electron chi connectivity index (χ0n) is 16.9. The van der Waals surface area contributed by atoms with Crippen LogP contribution in [0.15, 0.2) is 65.3 Å². The zero-order chi connectivity index (χ0) is 22.7. The van der Waals surface area contributed by atoms with Crippen molar-refractivity contribution in [2.75, 3.05) is 31.5 Å². The highest BCUT2D eigenvalue weighted by atomic mass is 35.5. The van der Waals surface area contributed by atoms with E-state index < -0.39 is 5.82 Å². The number of anilines is 1. The third-order valence-electron chi connectivity index (χ3n) is 5.15. The Morgan fingerprint density at radius 3 is 2.16 bits per heavy atom. The molecular weight excluding hydrogens is 437 g/mol. The monoisotopic (exact) mass is 455 g/mol. The van der Waals surface area contributed by atoms with Crippen molar-refractivity contribution < 1.29 is 23.2 Å². The van der Waals surface area contributed by atoms with E-state index >= 15 is 0 Å². The van der Waals surface area contributed by atoms with Gasteiger partial charge in [0.1, 0.15) is 5.82 Å². The number of benzene rings is 2. The number of halogens is 2. The fraction of sp³-hybridized carbons (Fsp3) is 0.174. The van der Waals surface area contributed by atoms with Crippen LogP contribution in [0.1, 0.15) is 31.3 Å². The van der Waals surface area contributed by atoms with E-state index in [1.165, 1.54) is 18.4 Å². The van der Waals surface area contributed by atoms with Gasteiger partial charge in [-0.3, -0.25) is 14.4 Å². The normalized spacial score (nSPS) is 13.7. The molecule has 1 N–H and O–H groups in total. The van der Waals surface area contributed by atoms with Crippen LogP contribution >= 0.6 is 11.6 Å². The predicted molar refractivity (Wildman–Crippen MR) is 116 cm³/mol. The maximum atomic E-state index is 13.2. The molecule has 0 spiro atoms. The highest BCUT2D eigenvalue weighted by Gasteiger charge is 2.26. The van der Waals surface area contributed by atoms with Crippen LogP contribution < -0.4 is 5.32 Å². The molecule has 4 rings (SSSR count). The van der Waals surface area contributed by atoms with E-state index in [2.05, 4.69) is 5.32 Å². The second-order valence-electron chi connectivity index (χ2n) is 7.22. The number of hydrogen-bond acceptors (Lipinski definition) is 4. The summed E-state index contributed by atoms with van der Waals surface area (Å²) in [4.78, 5) is 40.8. The molecule has 1 aliphatic rings. The number of nitrogens with zero attached hydrogens (tertiary/aromatic N) is 2.